The second-order valence-electron chi connectivity index (χ2n) is 5.98. The summed E-state index contributed by atoms with van der Waals surface area (Å²) in [6.07, 6.45) is 0.495. The molecule has 19 heavy (non-hydrogen) atoms. The van der Waals surface area contributed by atoms with Crippen molar-refractivity contribution in [2.45, 2.75) is 34.1 Å². The molecule has 0 aliphatic carbocycles. The monoisotopic (exact) mass is 264 g/mol. The molecule has 1 rings (SSSR count). The first-order valence-electron chi connectivity index (χ1n) is 6.47. The van der Waals surface area contributed by atoms with E-state index in [0.717, 1.165) is 0 Å². The zero-order valence-corrected chi connectivity index (χ0v) is 12.4. The summed E-state index contributed by atoms with van der Waals surface area (Å²) in [5.41, 5.74) is 7.14. The SMILES string of the molecule is COc1ccc(NC(=O)CC(C)C(C)(C)C)cc1N. The van der Waals surface area contributed by atoms with Gasteiger partial charge in [0.25, 0.3) is 0 Å². The Morgan fingerprint density at radius 2 is 2.05 bits per heavy atom. The van der Waals surface area contributed by atoms with Crippen LogP contribution in [0.5, 0.6) is 5.75 Å². The topological polar surface area (TPSA) is 64.3 Å². The molecule has 1 unspecified atom stereocenters. The van der Waals surface area contributed by atoms with Crippen molar-refractivity contribution in [1.82, 2.24) is 0 Å². The molecule has 0 spiro atoms. The molecule has 0 aromatic heterocycles. The van der Waals surface area contributed by atoms with Crippen LogP contribution in [-0.4, -0.2) is 13.0 Å². The van der Waals surface area contributed by atoms with Crippen LogP contribution in [0.3, 0.4) is 0 Å². The molecule has 1 amide bonds. The van der Waals surface area contributed by atoms with Gasteiger partial charge in [-0.15, -0.1) is 0 Å². The van der Waals surface area contributed by atoms with E-state index in [1.807, 2.05) is 0 Å². The fourth-order valence-electron chi connectivity index (χ4n) is 1.61. The summed E-state index contributed by atoms with van der Waals surface area (Å²) >= 11 is 0. The summed E-state index contributed by atoms with van der Waals surface area (Å²) in [5, 5.41) is 2.86. The van der Waals surface area contributed by atoms with Crippen LogP contribution in [0.1, 0.15) is 34.1 Å². The van der Waals surface area contributed by atoms with Gasteiger partial charge in [-0.1, -0.05) is 27.7 Å². The van der Waals surface area contributed by atoms with Crippen LogP contribution in [0, 0.1) is 11.3 Å². The molecule has 0 fully saturated rings. The van der Waals surface area contributed by atoms with Crippen molar-refractivity contribution in [2.75, 3.05) is 18.2 Å². The smallest absolute Gasteiger partial charge is 0.224 e. The third kappa shape index (κ3) is 4.47. The Labute approximate surface area is 115 Å². The molecule has 0 saturated heterocycles. The van der Waals surface area contributed by atoms with Crippen molar-refractivity contribution >= 4 is 17.3 Å². The number of nitrogen functional groups attached to an aromatic ring is 1. The number of amides is 1. The maximum absolute atomic E-state index is 12.0. The van der Waals surface area contributed by atoms with Crippen LogP contribution < -0.4 is 15.8 Å². The van der Waals surface area contributed by atoms with Gasteiger partial charge in [-0.3, -0.25) is 4.79 Å². The van der Waals surface area contributed by atoms with E-state index in [9.17, 15) is 4.79 Å². The Kier molecular flexibility index (Phi) is 4.81. The lowest BCUT2D eigenvalue weighted by molar-refractivity contribution is -0.117. The van der Waals surface area contributed by atoms with Gasteiger partial charge in [-0.2, -0.15) is 0 Å². The largest absolute Gasteiger partial charge is 0.495 e. The summed E-state index contributed by atoms with van der Waals surface area (Å²) in [4.78, 5) is 12.0. The average Bonchev–Trinajstić information content (AvgIpc) is 2.27. The van der Waals surface area contributed by atoms with E-state index in [1.54, 1.807) is 25.3 Å². The van der Waals surface area contributed by atoms with E-state index in [4.69, 9.17) is 10.5 Å². The first-order valence-corrected chi connectivity index (χ1v) is 6.47. The van der Waals surface area contributed by atoms with Crippen molar-refractivity contribution in [1.29, 1.82) is 0 Å². The van der Waals surface area contributed by atoms with Crippen LogP contribution in [0.25, 0.3) is 0 Å². The van der Waals surface area contributed by atoms with E-state index in [-0.39, 0.29) is 11.3 Å². The molecular formula is C15H24N2O2. The maximum atomic E-state index is 12.0. The van der Waals surface area contributed by atoms with Gasteiger partial charge >= 0.3 is 0 Å². The minimum atomic E-state index is 0.00647. The summed E-state index contributed by atoms with van der Waals surface area (Å²) in [7, 11) is 1.56. The summed E-state index contributed by atoms with van der Waals surface area (Å²) in [6, 6.07) is 5.24. The lowest BCUT2D eigenvalue weighted by Gasteiger charge is -2.26. The Hall–Kier alpha value is -1.71. The quantitative estimate of drug-likeness (QED) is 0.820. The van der Waals surface area contributed by atoms with Gasteiger partial charge in [0.05, 0.1) is 12.8 Å². The number of benzene rings is 1. The van der Waals surface area contributed by atoms with E-state index in [2.05, 4.69) is 33.0 Å². The van der Waals surface area contributed by atoms with Crippen molar-refractivity contribution < 1.29 is 9.53 Å². The lowest BCUT2D eigenvalue weighted by atomic mass is 9.80. The summed E-state index contributed by atoms with van der Waals surface area (Å²) in [5.74, 6) is 0.927. The first-order chi connectivity index (χ1) is 8.74. The van der Waals surface area contributed by atoms with Crippen molar-refractivity contribution in [3.63, 3.8) is 0 Å². The molecule has 1 aromatic carbocycles. The Balaban J connectivity index is 2.65. The molecule has 1 aromatic rings. The number of nitrogens with one attached hydrogen (secondary N) is 1. The van der Waals surface area contributed by atoms with Crippen LogP contribution in [0.4, 0.5) is 11.4 Å². The Bertz CT molecular complexity index is 450. The van der Waals surface area contributed by atoms with Crippen LogP contribution in [0.2, 0.25) is 0 Å². The van der Waals surface area contributed by atoms with Crippen molar-refractivity contribution in [3.05, 3.63) is 18.2 Å². The number of rotatable bonds is 4. The number of ether oxygens (including phenoxy) is 1. The summed E-state index contributed by atoms with van der Waals surface area (Å²) in [6.45, 7) is 8.49. The van der Waals surface area contributed by atoms with Crippen molar-refractivity contribution in [3.8, 4) is 5.75 Å². The number of hydrogen-bond acceptors (Lipinski definition) is 3. The minimum Gasteiger partial charge on any atom is -0.495 e. The second kappa shape index (κ2) is 5.95. The molecule has 0 heterocycles. The van der Waals surface area contributed by atoms with E-state index in [0.29, 0.717) is 29.5 Å². The number of methoxy groups -OCH3 is 1. The lowest BCUT2D eigenvalue weighted by Crippen LogP contribution is -2.23. The van der Waals surface area contributed by atoms with Gasteiger partial charge in [-0.05, 0) is 29.5 Å². The van der Waals surface area contributed by atoms with E-state index < -0.39 is 0 Å². The molecular weight excluding hydrogens is 240 g/mol. The van der Waals surface area contributed by atoms with Gasteiger partial charge in [0.15, 0.2) is 0 Å². The fraction of sp³-hybridized carbons (Fsp3) is 0.533. The zero-order valence-electron chi connectivity index (χ0n) is 12.4. The molecule has 106 valence electrons. The third-order valence-electron chi connectivity index (χ3n) is 3.48. The average molecular weight is 264 g/mol. The highest BCUT2D eigenvalue weighted by atomic mass is 16.5. The Morgan fingerprint density at radius 3 is 2.53 bits per heavy atom. The molecule has 0 bridgehead atoms. The minimum absolute atomic E-state index is 0.00647. The number of carbonyl (C=O) groups excluding carboxylic acids is 1. The maximum Gasteiger partial charge on any atom is 0.224 e. The van der Waals surface area contributed by atoms with Gasteiger partial charge in [0.1, 0.15) is 5.75 Å². The molecule has 4 heteroatoms. The molecule has 1 atom stereocenters. The zero-order chi connectivity index (χ0) is 14.6. The Morgan fingerprint density at radius 1 is 1.42 bits per heavy atom. The highest BCUT2D eigenvalue weighted by molar-refractivity contribution is 5.91. The van der Waals surface area contributed by atoms with Crippen LogP contribution in [-0.2, 0) is 4.79 Å². The van der Waals surface area contributed by atoms with E-state index >= 15 is 0 Å². The van der Waals surface area contributed by atoms with Gasteiger partial charge in [0, 0.05) is 12.1 Å². The standard InChI is InChI=1S/C15H24N2O2/c1-10(15(2,3)4)8-14(18)17-11-6-7-13(19-5)12(16)9-11/h6-7,9-10H,8,16H2,1-5H3,(H,17,18). The second-order valence-corrected chi connectivity index (χ2v) is 5.98. The molecule has 3 N–H and O–H groups in total. The first kappa shape index (κ1) is 15.3. The number of anilines is 2. The predicted octanol–water partition coefficient (Wildman–Crippen LogP) is 3.29. The van der Waals surface area contributed by atoms with Gasteiger partial charge in [0.2, 0.25) is 5.91 Å². The molecule has 0 aliphatic rings. The van der Waals surface area contributed by atoms with E-state index in [1.165, 1.54) is 0 Å². The molecule has 0 radical (unpaired) electrons. The predicted molar refractivity (Wildman–Crippen MR) is 79.3 cm³/mol. The number of hydrogen-bond donors (Lipinski definition) is 2. The fourth-order valence-corrected chi connectivity index (χ4v) is 1.61. The molecule has 0 aliphatic heterocycles. The highest BCUT2D eigenvalue weighted by Gasteiger charge is 2.22. The molecule has 0 saturated carbocycles. The molecule has 4 nitrogen and oxygen atoms in total. The van der Waals surface area contributed by atoms with Crippen LogP contribution in [0.15, 0.2) is 18.2 Å². The van der Waals surface area contributed by atoms with Gasteiger partial charge < -0.3 is 15.8 Å². The third-order valence-corrected chi connectivity index (χ3v) is 3.48. The summed E-state index contributed by atoms with van der Waals surface area (Å²) < 4.78 is 5.08. The van der Waals surface area contributed by atoms with Crippen molar-refractivity contribution in [2.24, 2.45) is 11.3 Å². The number of carbonyl (C=O) groups is 1. The number of nitrogens with two attached hydrogens (primary N) is 1. The highest BCUT2D eigenvalue weighted by Crippen LogP contribution is 2.29. The van der Waals surface area contributed by atoms with Gasteiger partial charge in [-0.25, -0.2) is 0 Å². The normalized spacial score (nSPS) is 12.9. The van der Waals surface area contributed by atoms with Crippen LogP contribution >= 0.6 is 0 Å².